The molecular formula is C25H27NO2. The number of fused-ring (bicyclic) bond motifs is 1. The fourth-order valence-corrected chi connectivity index (χ4v) is 6.92. The minimum Gasteiger partial charge on any atom is -0.480 e. The summed E-state index contributed by atoms with van der Waals surface area (Å²) in [7, 11) is 0. The maximum Gasteiger partial charge on any atom is 0.265 e. The molecule has 0 spiro atoms. The Morgan fingerprint density at radius 2 is 1.54 bits per heavy atom. The van der Waals surface area contributed by atoms with Gasteiger partial charge in [0.25, 0.3) is 5.91 Å². The zero-order valence-electron chi connectivity index (χ0n) is 16.2. The number of ether oxygens (including phenoxy) is 1. The number of anilines is 1. The Balaban J connectivity index is 1.16. The van der Waals surface area contributed by atoms with E-state index in [1.807, 2.05) is 24.3 Å². The van der Waals surface area contributed by atoms with Gasteiger partial charge >= 0.3 is 0 Å². The summed E-state index contributed by atoms with van der Waals surface area (Å²) < 4.78 is 5.82. The lowest BCUT2D eigenvalue weighted by atomic mass is 9.48. The van der Waals surface area contributed by atoms with E-state index in [2.05, 4.69) is 29.6 Å². The van der Waals surface area contributed by atoms with Crippen molar-refractivity contribution < 1.29 is 9.53 Å². The molecule has 28 heavy (non-hydrogen) atoms. The van der Waals surface area contributed by atoms with Crippen molar-refractivity contribution in [3.8, 4) is 5.75 Å². The average Bonchev–Trinajstić information content (AvgIpc) is 3.12. The minimum absolute atomic E-state index is 0.0567. The van der Waals surface area contributed by atoms with Crippen LogP contribution in [0.25, 0.3) is 0 Å². The van der Waals surface area contributed by atoms with Gasteiger partial charge in [0.1, 0.15) is 5.75 Å². The van der Waals surface area contributed by atoms with Crippen LogP contribution < -0.4 is 10.1 Å². The maximum absolute atomic E-state index is 12.7. The number of hydrogen-bond acceptors (Lipinski definition) is 2. The summed E-state index contributed by atoms with van der Waals surface area (Å²) in [4.78, 5) is 12.7. The molecule has 4 bridgehead atoms. The normalized spacial score (nSPS) is 34.7. The van der Waals surface area contributed by atoms with Crippen LogP contribution in [0, 0.1) is 17.8 Å². The number of hydrogen-bond donors (Lipinski definition) is 1. The number of rotatable bonds is 3. The number of carbonyl (C=O) groups excluding carboxylic acids is 1. The molecule has 5 aliphatic rings. The summed E-state index contributed by atoms with van der Waals surface area (Å²) in [5, 5.41) is 3.06. The summed E-state index contributed by atoms with van der Waals surface area (Å²) in [6, 6.07) is 16.6. The van der Waals surface area contributed by atoms with Gasteiger partial charge in [0.15, 0.2) is 6.10 Å². The molecule has 1 N–H and O–H groups in total. The Morgan fingerprint density at radius 1 is 0.893 bits per heavy atom. The van der Waals surface area contributed by atoms with Gasteiger partial charge in [-0.1, -0.05) is 30.3 Å². The second kappa shape index (κ2) is 6.10. The zero-order valence-corrected chi connectivity index (χ0v) is 16.2. The highest BCUT2D eigenvalue weighted by Gasteiger charge is 2.51. The molecule has 0 radical (unpaired) electrons. The summed E-state index contributed by atoms with van der Waals surface area (Å²) in [6.45, 7) is 0. The van der Waals surface area contributed by atoms with Crippen molar-refractivity contribution in [3.05, 3.63) is 59.7 Å². The van der Waals surface area contributed by atoms with Gasteiger partial charge in [0.2, 0.25) is 0 Å². The van der Waals surface area contributed by atoms with E-state index < -0.39 is 6.10 Å². The molecular weight excluding hydrogens is 346 g/mol. The lowest BCUT2D eigenvalue weighted by Gasteiger charge is -2.57. The van der Waals surface area contributed by atoms with Crippen molar-refractivity contribution in [1.29, 1.82) is 0 Å². The predicted molar refractivity (Wildman–Crippen MR) is 109 cm³/mol. The summed E-state index contributed by atoms with van der Waals surface area (Å²) in [5.74, 6) is 3.63. The van der Waals surface area contributed by atoms with Gasteiger partial charge in [-0.2, -0.15) is 0 Å². The molecule has 1 heterocycles. The molecule has 3 nitrogen and oxygen atoms in total. The average molecular weight is 373 g/mol. The molecule has 1 unspecified atom stereocenters. The smallest absolute Gasteiger partial charge is 0.265 e. The Bertz CT molecular complexity index is 856. The molecule has 0 aromatic heterocycles. The third-order valence-corrected chi connectivity index (χ3v) is 7.74. The van der Waals surface area contributed by atoms with Crippen molar-refractivity contribution in [3.63, 3.8) is 0 Å². The van der Waals surface area contributed by atoms with Gasteiger partial charge in [-0.15, -0.1) is 0 Å². The highest BCUT2D eigenvalue weighted by atomic mass is 16.5. The number of para-hydroxylation sites is 1. The van der Waals surface area contributed by atoms with Crippen LogP contribution in [-0.2, 0) is 16.6 Å². The molecule has 0 saturated heterocycles. The molecule has 7 rings (SSSR count). The third kappa shape index (κ3) is 2.67. The van der Waals surface area contributed by atoms with Crippen LogP contribution in [0.2, 0.25) is 0 Å². The van der Waals surface area contributed by atoms with Crippen LogP contribution in [-0.4, -0.2) is 12.0 Å². The van der Waals surface area contributed by atoms with E-state index in [9.17, 15) is 4.79 Å². The van der Waals surface area contributed by atoms with E-state index >= 15 is 0 Å². The molecule has 3 heteroatoms. The molecule has 1 aliphatic heterocycles. The van der Waals surface area contributed by atoms with Gasteiger partial charge < -0.3 is 10.1 Å². The first kappa shape index (κ1) is 16.6. The lowest BCUT2D eigenvalue weighted by Crippen LogP contribution is -2.48. The number of carbonyl (C=O) groups is 1. The second-order valence-corrected chi connectivity index (χ2v) is 9.68. The van der Waals surface area contributed by atoms with Crippen LogP contribution in [0.3, 0.4) is 0 Å². The van der Waals surface area contributed by atoms with Crippen molar-refractivity contribution in [2.75, 3.05) is 5.32 Å². The van der Waals surface area contributed by atoms with Crippen molar-refractivity contribution in [1.82, 2.24) is 0 Å². The van der Waals surface area contributed by atoms with Crippen LogP contribution in [0.15, 0.2) is 48.5 Å². The van der Waals surface area contributed by atoms with E-state index in [0.29, 0.717) is 11.8 Å². The fraction of sp³-hybridized carbons (Fsp3) is 0.480. The molecule has 4 aliphatic carbocycles. The Kier molecular flexibility index (Phi) is 3.63. The SMILES string of the molecule is O=C(Nc1ccc(C23CC4CC(CC(C4)C2)C3)cc1)C1Cc2ccccc2O1. The van der Waals surface area contributed by atoms with E-state index in [-0.39, 0.29) is 5.91 Å². The van der Waals surface area contributed by atoms with Crippen LogP contribution >= 0.6 is 0 Å². The van der Waals surface area contributed by atoms with Gasteiger partial charge in [-0.05, 0) is 91.0 Å². The first-order valence-electron chi connectivity index (χ1n) is 10.8. The maximum atomic E-state index is 12.7. The lowest BCUT2D eigenvalue weighted by molar-refractivity contribution is -0.122. The van der Waals surface area contributed by atoms with Crippen molar-refractivity contribution in [2.45, 2.75) is 56.5 Å². The van der Waals surface area contributed by atoms with Crippen LogP contribution in [0.5, 0.6) is 5.75 Å². The first-order valence-corrected chi connectivity index (χ1v) is 10.8. The van der Waals surface area contributed by atoms with Gasteiger partial charge in [-0.3, -0.25) is 4.79 Å². The summed E-state index contributed by atoms with van der Waals surface area (Å²) >= 11 is 0. The summed E-state index contributed by atoms with van der Waals surface area (Å²) in [6.07, 6.45) is 8.75. The molecule has 2 aromatic carbocycles. The molecule has 4 saturated carbocycles. The minimum atomic E-state index is -0.430. The van der Waals surface area contributed by atoms with Gasteiger partial charge in [0.05, 0.1) is 0 Å². The number of nitrogens with one attached hydrogen (secondary N) is 1. The van der Waals surface area contributed by atoms with E-state index in [1.165, 1.54) is 44.1 Å². The van der Waals surface area contributed by atoms with Gasteiger partial charge in [-0.25, -0.2) is 0 Å². The second-order valence-electron chi connectivity index (χ2n) is 9.68. The Morgan fingerprint density at radius 3 is 2.18 bits per heavy atom. The largest absolute Gasteiger partial charge is 0.480 e. The monoisotopic (exact) mass is 373 g/mol. The standard InChI is InChI=1S/C25H27NO2/c27-24(23-12-19-3-1-2-4-22(19)28-23)26-21-7-5-20(6-8-21)25-13-16-9-17(14-25)11-18(10-16)15-25/h1-8,16-18,23H,9-15H2,(H,26,27). The van der Waals surface area contributed by atoms with Crippen LogP contribution in [0.4, 0.5) is 5.69 Å². The fourth-order valence-electron chi connectivity index (χ4n) is 6.92. The number of benzene rings is 2. The Hall–Kier alpha value is -2.29. The Labute approximate surface area is 166 Å². The van der Waals surface area contributed by atoms with Gasteiger partial charge in [0, 0.05) is 12.1 Å². The molecule has 1 atom stereocenters. The highest BCUT2D eigenvalue weighted by Crippen LogP contribution is 2.60. The van der Waals surface area contributed by atoms with Crippen LogP contribution in [0.1, 0.15) is 49.7 Å². The van der Waals surface area contributed by atoms with Crippen molar-refractivity contribution >= 4 is 11.6 Å². The van der Waals surface area contributed by atoms with E-state index in [1.54, 1.807) is 0 Å². The quantitative estimate of drug-likeness (QED) is 0.813. The molecule has 4 fully saturated rings. The van der Waals surface area contributed by atoms with Crippen molar-refractivity contribution in [2.24, 2.45) is 17.8 Å². The zero-order chi connectivity index (χ0) is 18.7. The van der Waals surface area contributed by atoms with E-state index in [4.69, 9.17) is 4.74 Å². The number of amides is 1. The summed E-state index contributed by atoms with van der Waals surface area (Å²) in [5.41, 5.74) is 3.89. The molecule has 1 amide bonds. The molecule has 144 valence electrons. The third-order valence-electron chi connectivity index (χ3n) is 7.74. The molecule has 2 aromatic rings. The topological polar surface area (TPSA) is 38.3 Å². The van der Waals surface area contributed by atoms with E-state index in [0.717, 1.165) is 34.8 Å². The predicted octanol–water partition coefficient (Wildman–Crippen LogP) is 5.10. The highest BCUT2D eigenvalue weighted by molar-refractivity contribution is 5.95. The first-order chi connectivity index (χ1) is 13.7.